The Morgan fingerprint density at radius 3 is 2.96 bits per heavy atom. The first kappa shape index (κ1) is 16.7. The lowest BCUT2D eigenvalue weighted by Crippen LogP contribution is -2.25. The van der Waals surface area contributed by atoms with Gasteiger partial charge in [0.25, 0.3) is 5.91 Å². The van der Waals surface area contributed by atoms with E-state index in [4.69, 9.17) is 0 Å². The number of aromatic nitrogens is 2. The van der Waals surface area contributed by atoms with Gasteiger partial charge in [0.2, 0.25) is 0 Å². The van der Waals surface area contributed by atoms with Crippen LogP contribution in [0.3, 0.4) is 0 Å². The summed E-state index contributed by atoms with van der Waals surface area (Å²) in [6.45, 7) is 8.84. The molecule has 0 atom stereocenters. The summed E-state index contributed by atoms with van der Waals surface area (Å²) in [5, 5.41) is 13.5. The Bertz CT molecular complexity index is 705. The smallest absolute Gasteiger partial charge is 0.276 e. The van der Waals surface area contributed by atoms with Crippen LogP contribution in [-0.4, -0.2) is 40.6 Å². The minimum absolute atomic E-state index is 0.156. The third-order valence-corrected chi connectivity index (χ3v) is 4.51. The zero-order valence-electron chi connectivity index (χ0n) is 14.4. The molecule has 3 rings (SSSR count). The van der Waals surface area contributed by atoms with E-state index in [9.17, 15) is 4.79 Å². The summed E-state index contributed by atoms with van der Waals surface area (Å²) in [4.78, 5) is 14.9. The number of amides is 1. The van der Waals surface area contributed by atoms with Gasteiger partial charge in [-0.05, 0) is 30.8 Å². The summed E-state index contributed by atoms with van der Waals surface area (Å²) >= 11 is 0. The van der Waals surface area contributed by atoms with Crippen molar-refractivity contribution in [3.05, 3.63) is 46.8 Å². The van der Waals surface area contributed by atoms with Gasteiger partial charge in [-0.15, -0.1) is 0 Å². The predicted molar refractivity (Wildman–Crippen MR) is 95.0 cm³/mol. The Morgan fingerprint density at radius 2 is 2.17 bits per heavy atom. The van der Waals surface area contributed by atoms with Crippen molar-refractivity contribution in [1.29, 1.82) is 0 Å². The van der Waals surface area contributed by atoms with E-state index in [1.54, 1.807) is 0 Å². The van der Waals surface area contributed by atoms with E-state index < -0.39 is 0 Å². The lowest BCUT2D eigenvalue weighted by atomic mass is 10.1. The molecule has 1 aromatic heterocycles. The van der Waals surface area contributed by atoms with Gasteiger partial charge in [0.15, 0.2) is 5.69 Å². The Morgan fingerprint density at radius 1 is 1.33 bits per heavy atom. The number of hydrogen-bond acceptors (Lipinski definition) is 4. The molecule has 24 heavy (non-hydrogen) atoms. The normalized spacial score (nSPS) is 13.8. The monoisotopic (exact) mass is 327 g/mol. The van der Waals surface area contributed by atoms with Gasteiger partial charge < -0.3 is 10.6 Å². The quantitative estimate of drug-likeness (QED) is 0.760. The molecule has 1 aliphatic heterocycles. The molecule has 0 saturated carbocycles. The molecular weight excluding hydrogens is 302 g/mol. The lowest BCUT2D eigenvalue weighted by molar-refractivity contribution is 0.102. The summed E-state index contributed by atoms with van der Waals surface area (Å²) in [5.74, 6) is -0.156. The maximum atomic E-state index is 12.6. The van der Waals surface area contributed by atoms with Gasteiger partial charge in [0.05, 0.1) is 0 Å². The molecule has 0 spiro atoms. The number of carbonyl (C=O) groups is 1. The highest BCUT2D eigenvalue weighted by molar-refractivity contribution is 6.04. The highest BCUT2D eigenvalue weighted by Crippen LogP contribution is 2.18. The molecule has 1 aromatic carbocycles. The van der Waals surface area contributed by atoms with Gasteiger partial charge in [0, 0.05) is 43.0 Å². The Balaban J connectivity index is 1.71. The molecule has 3 N–H and O–H groups in total. The molecule has 0 bridgehead atoms. The second-order valence-corrected chi connectivity index (χ2v) is 6.07. The second kappa shape index (κ2) is 7.59. The summed E-state index contributed by atoms with van der Waals surface area (Å²) in [7, 11) is 0. The second-order valence-electron chi connectivity index (χ2n) is 6.07. The van der Waals surface area contributed by atoms with Gasteiger partial charge in [-0.1, -0.05) is 26.0 Å². The Hall–Kier alpha value is -2.18. The molecular formula is C18H25N5O. The van der Waals surface area contributed by atoms with Crippen LogP contribution in [0.5, 0.6) is 0 Å². The molecule has 0 aliphatic carbocycles. The van der Waals surface area contributed by atoms with E-state index >= 15 is 0 Å². The molecule has 2 heterocycles. The average Bonchev–Trinajstić information content (AvgIpc) is 3.04. The molecule has 1 aliphatic rings. The van der Waals surface area contributed by atoms with Crippen LogP contribution in [0.1, 0.15) is 41.2 Å². The van der Waals surface area contributed by atoms with Gasteiger partial charge >= 0.3 is 0 Å². The number of rotatable bonds is 6. The third-order valence-electron chi connectivity index (χ3n) is 4.51. The number of anilines is 1. The summed E-state index contributed by atoms with van der Waals surface area (Å²) in [5.41, 5.74) is 4.55. The molecule has 0 saturated heterocycles. The fraction of sp³-hybridized carbons (Fsp3) is 0.444. The first-order valence-corrected chi connectivity index (χ1v) is 8.60. The Kier molecular flexibility index (Phi) is 5.27. The molecule has 1 amide bonds. The Labute approximate surface area is 142 Å². The topological polar surface area (TPSA) is 73.0 Å². The van der Waals surface area contributed by atoms with Crippen LogP contribution in [-0.2, 0) is 19.5 Å². The first-order chi connectivity index (χ1) is 11.7. The van der Waals surface area contributed by atoms with Crippen molar-refractivity contribution in [3.63, 3.8) is 0 Å². The third kappa shape index (κ3) is 3.66. The van der Waals surface area contributed by atoms with Gasteiger partial charge in [0.1, 0.15) is 0 Å². The maximum absolute atomic E-state index is 12.6. The van der Waals surface area contributed by atoms with Crippen molar-refractivity contribution in [2.24, 2.45) is 0 Å². The first-order valence-electron chi connectivity index (χ1n) is 8.60. The molecule has 0 radical (unpaired) electrons. The van der Waals surface area contributed by atoms with E-state index in [0.29, 0.717) is 12.2 Å². The highest BCUT2D eigenvalue weighted by Gasteiger charge is 2.21. The highest BCUT2D eigenvalue weighted by atomic mass is 16.1. The van der Waals surface area contributed by atoms with Crippen LogP contribution in [0.15, 0.2) is 24.3 Å². The zero-order valence-corrected chi connectivity index (χ0v) is 14.4. The zero-order chi connectivity index (χ0) is 16.9. The fourth-order valence-corrected chi connectivity index (χ4v) is 3.06. The van der Waals surface area contributed by atoms with Crippen molar-refractivity contribution in [2.45, 2.75) is 33.4 Å². The number of H-pyrrole nitrogens is 1. The molecule has 2 aromatic rings. The number of nitrogens with one attached hydrogen (secondary N) is 3. The van der Waals surface area contributed by atoms with Crippen molar-refractivity contribution in [1.82, 2.24) is 20.4 Å². The predicted octanol–water partition coefficient (Wildman–Crippen LogP) is 2.15. The number of benzene rings is 1. The van der Waals surface area contributed by atoms with Gasteiger partial charge in [-0.25, -0.2) is 0 Å². The number of hydrogen-bond donors (Lipinski definition) is 3. The molecule has 0 unspecified atom stereocenters. The minimum Gasteiger partial charge on any atom is -0.321 e. The van der Waals surface area contributed by atoms with Crippen molar-refractivity contribution >= 4 is 11.6 Å². The van der Waals surface area contributed by atoms with Crippen LogP contribution >= 0.6 is 0 Å². The minimum atomic E-state index is -0.156. The number of carbonyl (C=O) groups excluding carboxylic acids is 1. The van der Waals surface area contributed by atoms with Crippen LogP contribution in [0.4, 0.5) is 5.69 Å². The summed E-state index contributed by atoms with van der Waals surface area (Å²) in [6, 6.07) is 8.03. The van der Waals surface area contributed by atoms with Crippen molar-refractivity contribution < 1.29 is 4.79 Å². The van der Waals surface area contributed by atoms with E-state index in [1.807, 2.05) is 18.2 Å². The number of nitrogens with zero attached hydrogens (tertiary/aromatic N) is 2. The van der Waals surface area contributed by atoms with Crippen LogP contribution in [0, 0.1) is 0 Å². The van der Waals surface area contributed by atoms with Crippen molar-refractivity contribution in [2.75, 3.05) is 25.0 Å². The van der Waals surface area contributed by atoms with E-state index in [2.05, 4.69) is 45.6 Å². The number of fused-ring (bicyclic) bond motifs is 1. The largest absolute Gasteiger partial charge is 0.321 e. The van der Waals surface area contributed by atoms with Gasteiger partial charge in [-0.3, -0.25) is 14.8 Å². The maximum Gasteiger partial charge on any atom is 0.276 e. The van der Waals surface area contributed by atoms with Crippen molar-refractivity contribution in [3.8, 4) is 0 Å². The standard InChI is InChI=1S/C18H25N5O/c1-3-23(4-2)12-13-6-5-7-14(10-13)20-18(24)17-15-11-19-9-8-16(15)21-22-17/h5-7,10,19H,3-4,8-9,11-12H2,1-2H3,(H,20,24)(H,21,22). The molecule has 128 valence electrons. The summed E-state index contributed by atoms with van der Waals surface area (Å²) < 4.78 is 0. The average molecular weight is 327 g/mol. The van der Waals surface area contributed by atoms with Crippen LogP contribution < -0.4 is 10.6 Å². The van der Waals surface area contributed by atoms with Crippen LogP contribution in [0.2, 0.25) is 0 Å². The SMILES string of the molecule is CCN(CC)Cc1cccc(NC(=O)c2n[nH]c3c2CNCC3)c1. The molecule has 6 nitrogen and oxygen atoms in total. The summed E-state index contributed by atoms with van der Waals surface area (Å²) in [6.07, 6.45) is 0.884. The lowest BCUT2D eigenvalue weighted by Gasteiger charge is -2.18. The van der Waals surface area contributed by atoms with E-state index in [-0.39, 0.29) is 5.91 Å². The van der Waals surface area contributed by atoms with E-state index in [1.165, 1.54) is 5.56 Å². The molecule has 0 fully saturated rings. The van der Waals surface area contributed by atoms with Crippen LogP contribution in [0.25, 0.3) is 0 Å². The number of aromatic amines is 1. The fourth-order valence-electron chi connectivity index (χ4n) is 3.06. The van der Waals surface area contributed by atoms with E-state index in [0.717, 1.165) is 49.5 Å². The molecule has 6 heteroatoms. The van der Waals surface area contributed by atoms with Gasteiger partial charge in [-0.2, -0.15) is 5.10 Å².